The highest BCUT2D eigenvalue weighted by molar-refractivity contribution is 7.94. The molecule has 0 saturated carbocycles. The molecule has 2 atom stereocenters. The highest BCUT2D eigenvalue weighted by Crippen LogP contribution is 2.34. The van der Waals surface area contributed by atoms with Gasteiger partial charge in [0.25, 0.3) is 0 Å². The van der Waals surface area contributed by atoms with Gasteiger partial charge in [0.05, 0.1) is 32.0 Å². The number of hydrogen-bond donors (Lipinski definition) is 1. The van der Waals surface area contributed by atoms with Crippen LogP contribution >= 0.6 is 0 Å². The van der Waals surface area contributed by atoms with E-state index in [1.54, 1.807) is 13.1 Å². The molecule has 160 valence electrons. The number of hydrogen-bond acceptors (Lipinski definition) is 4. The third-order valence-corrected chi connectivity index (χ3v) is 8.84. The first-order valence-corrected chi connectivity index (χ1v) is 12.0. The van der Waals surface area contributed by atoms with Crippen molar-refractivity contribution in [2.45, 2.75) is 43.8 Å². The average Bonchev–Trinajstić information content (AvgIpc) is 3.36. The normalized spacial score (nSPS) is 18.8. The largest absolute Gasteiger partial charge is 0.316 e. The molecule has 0 bridgehead atoms. The van der Waals surface area contributed by atoms with Crippen molar-refractivity contribution < 1.29 is 8.60 Å². The van der Waals surface area contributed by atoms with E-state index in [0.717, 1.165) is 37.0 Å². The van der Waals surface area contributed by atoms with Gasteiger partial charge in [0.2, 0.25) is 0 Å². The van der Waals surface area contributed by atoms with E-state index in [-0.39, 0.29) is 5.25 Å². The summed E-state index contributed by atoms with van der Waals surface area (Å²) >= 11 is 0. The predicted molar refractivity (Wildman–Crippen MR) is 120 cm³/mol. The lowest BCUT2D eigenvalue weighted by Gasteiger charge is -2.18. The van der Waals surface area contributed by atoms with Crippen LogP contribution in [0.15, 0.2) is 46.0 Å². The van der Waals surface area contributed by atoms with Crippen molar-refractivity contribution >= 4 is 20.6 Å². The SMILES string of the molecule is CN=S(=O)(c1cc(F)ccc1-n1cc(CC2CCNC2)c2c(C)cncc21)C(C)C. The van der Waals surface area contributed by atoms with Gasteiger partial charge < -0.3 is 9.88 Å². The summed E-state index contributed by atoms with van der Waals surface area (Å²) in [5.74, 6) is 0.184. The van der Waals surface area contributed by atoms with Crippen LogP contribution in [0.4, 0.5) is 4.39 Å². The van der Waals surface area contributed by atoms with Crippen molar-refractivity contribution in [3.63, 3.8) is 0 Å². The summed E-state index contributed by atoms with van der Waals surface area (Å²) in [4.78, 5) is 4.84. The first-order chi connectivity index (χ1) is 14.3. The van der Waals surface area contributed by atoms with Gasteiger partial charge in [0, 0.05) is 30.1 Å². The fourth-order valence-corrected chi connectivity index (χ4v) is 6.35. The van der Waals surface area contributed by atoms with Crippen LogP contribution in [0.2, 0.25) is 0 Å². The standard InChI is InChI=1S/C23H29FN4OS/c1-15(2)30(29,25-4)22-10-19(24)5-6-20(22)28-14-18(9-17-7-8-26-12-17)23-16(3)11-27-13-21(23)28/h5-6,10-11,13-15,17,26H,7-9,12H2,1-4H3. The fourth-order valence-electron chi connectivity index (χ4n) is 4.48. The Kier molecular flexibility index (Phi) is 5.68. The van der Waals surface area contributed by atoms with Gasteiger partial charge in [-0.05, 0) is 81.9 Å². The number of pyridine rings is 1. The van der Waals surface area contributed by atoms with Crippen molar-refractivity contribution in [3.8, 4) is 5.69 Å². The molecule has 1 fully saturated rings. The molecule has 2 aromatic heterocycles. The van der Waals surface area contributed by atoms with Gasteiger partial charge in [-0.1, -0.05) is 0 Å². The van der Waals surface area contributed by atoms with E-state index in [0.29, 0.717) is 16.5 Å². The van der Waals surface area contributed by atoms with Gasteiger partial charge in [-0.25, -0.2) is 13.0 Å². The third kappa shape index (κ3) is 3.54. The highest BCUT2D eigenvalue weighted by Gasteiger charge is 2.25. The van der Waals surface area contributed by atoms with E-state index in [1.165, 1.54) is 23.1 Å². The van der Waals surface area contributed by atoms with E-state index in [9.17, 15) is 8.60 Å². The zero-order valence-electron chi connectivity index (χ0n) is 18.0. The maximum atomic E-state index is 14.3. The number of halogens is 1. The van der Waals surface area contributed by atoms with Gasteiger partial charge in [0.1, 0.15) is 5.82 Å². The van der Waals surface area contributed by atoms with Crippen LogP contribution in [-0.4, -0.2) is 39.1 Å². The number of nitrogens with one attached hydrogen (secondary N) is 1. The molecular weight excluding hydrogens is 399 g/mol. The molecular formula is C23H29FN4OS. The molecule has 5 nitrogen and oxygen atoms in total. The second-order valence-electron chi connectivity index (χ2n) is 8.35. The Morgan fingerprint density at radius 2 is 2.17 bits per heavy atom. The summed E-state index contributed by atoms with van der Waals surface area (Å²) in [7, 11) is -1.23. The predicted octanol–water partition coefficient (Wildman–Crippen LogP) is 4.49. The smallest absolute Gasteiger partial charge is 0.124 e. The summed E-state index contributed by atoms with van der Waals surface area (Å²) < 4.78 is 34.2. The van der Waals surface area contributed by atoms with Gasteiger partial charge in [-0.3, -0.25) is 4.98 Å². The van der Waals surface area contributed by atoms with Gasteiger partial charge in [-0.15, -0.1) is 0 Å². The molecule has 7 heteroatoms. The van der Waals surface area contributed by atoms with Crippen molar-refractivity contribution in [2.75, 3.05) is 20.1 Å². The number of rotatable bonds is 5. The molecule has 1 aromatic carbocycles. The molecule has 1 saturated heterocycles. The Balaban J connectivity index is 1.97. The van der Waals surface area contributed by atoms with E-state index in [4.69, 9.17) is 0 Å². The number of fused-ring (bicyclic) bond motifs is 1. The Morgan fingerprint density at radius 3 is 2.83 bits per heavy atom. The second-order valence-corrected chi connectivity index (χ2v) is 11.2. The Hall–Kier alpha value is -2.25. The van der Waals surface area contributed by atoms with Gasteiger partial charge >= 0.3 is 0 Å². The van der Waals surface area contributed by atoms with Crippen LogP contribution in [-0.2, 0) is 16.1 Å². The molecule has 1 N–H and O–H groups in total. The van der Waals surface area contributed by atoms with Crippen LogP contribution in [0.3, 0.4) is 0 Å². The topological polar surface area (TPSA) is 59.3 Å². The molecule has 0 radical (unpaired) electrons. The van der Waals surface area contributed by atoms with Crippen molar-refractivity contribution in [1.29, 1.82) is 0 Å². The summed E-state index contributed by atoms with van der Waals surface area (Å²) in [5, 5.41) is 4.37. The molecule has 30 heavy (non-hydrogen) atoms. The highest BCUT2D eigenvalue weighted by atomic mass is 32.2. The molecule has 0 aliphatic carbocycles. The van der Waals surface area contributed by atoms with Crippen LogP contribution < -0.4 is 5.32 Å². The summed E-state index contributed by atoms with van der Waals surface area (Å²) in [6.45, 7) is 7.87. The molecule has 4 rings (SSSR count). The van der Waals surface area contributed by atoms with Gasteiger partial charge in [0.15, 0.2) is 0 Å². The Morgan fingerprint density at radius 1 is 1.37 bits per heavy atom. The second kappa shape index (κ2) is 8.12. The maximum Gasteiger partial charge on any atom is 0.124 e. The van der Waals surface area contributed by atoms with Crippen molar-refractivity contribution in [1.82, 2.24) is 14.9 Å². The maximum absolute atomic E-state index is 14.3. The minimum absolute atomic E-state index is 0.242. The number of aryl methyl sites for hydroxylation is 1. The van der Waals surface area contributed by atoms with Gasteiger partial charge in [-0.2, -0.15) is 0 Å². The zero-order valence-corrected chi connectivity index (χ0v) is 18.8. The molecule has 3 aromatic rings. The third-order valence-electron chi connectivity index (χ3n) is 6.06. The minimum atomic E-state index is -2.78. The number of aromatic nitrogens is 2. The quantitative estimate of drug-likeness (QED) is 0.651. The molecule has 1 aliphatic rings. The van der Waals surface area contributed by atoms with Crippen molar-refractivity contribution in [2.24, 2.45) is 10.3 Å². The molecule has 3 heterocycles. The Bertz CT molecular complexity index is 1200. The van der Waals surface area contributed by atoms with Crippen molar-refractivity contribution in [3.05, 3.63) is 53.7 Å². The van der Waals surface area contributed by atoms with E-state index >= 15 is 0 Å². The zero-order chi connectivity index (χ0) is 21.5. The summed E-state index contributed by atoms with van der Waals surface area (Å²) in [6.07, 6.45) is 7.97. The molecule has 1 aliphatic heterocycles. The van der Waals surface area contributed by atoms with E-state index in [1.807, 2.05) is 30.8 Å². The summed E-state index contributed by atoms with van der Waals surface area (Å²) in [5.41, 5.74) is 4.01. The van der Waals surface area contributed by atoms with E-state index in [2.05, 4.69) is 27.8 Å². The lowest BCUT2D eigenvalue weighted by Crippen LogP contribution is -2.16. The molecule has 2 unspecified atom stereocenters. The average molecular weight is 429 g/mol. The minimum Gasteiger partial charge on any atom is -0.316 e. The van der Waals surface area contributed by atoms with Crippen LogP contribution in [0.25, 0.3) is 16.6 Å². The monoisotopic (exact) mass is 428 g/mol. The first-order valence-electron chi connectivity index (χ1n) is 10.4. The van der Waals surface area contributed by atoms with Crippen LogP contribution in [0, 0.1) is 18.7 Å². The summed E-state index contributed by atoms with van der Waals surface area (Å²) in [6, 6.07) is 4.51. The van der Waals surface area contributed by atoms with Crippen LogP contribution in [0.1, 0.15) is 31.4 Å². The number of nitrogens with zero attached hydrogens (tertiary/aromatic N) is 3. The first kappa shape index (κ1) is 21.0. The lowest BCUT2D eigenvalue weighted by molar-refractivity contribution is 0.582. The lowest BCUT2D eigenvalue weighted by atomic mass is 9.97. The Labute approximate surface area is 177 Å². The number of benzene rings is 1. The van der Waals surface area contributed by atoms with Crippen LogP contribution in [0.5, 0.6) is 0 Å². The van der Waals surface area contributed by atoms with E-state index < -0.39 is 15.5 Å². The molecule has 0 amide bonds. The fraction of sp³-hybridized carbons (Fsp3) is 0.435. The molecule has 0 spiro atoms.